The normalized spacial score (nSPS) is 21.6. The number of hydrogen-bond donors (Lipinski definition) is 1. The van der Waals surface area contributed by atoms with E-state index in [-0.39, 0.29) is 0 Å². The third-order valence-corrected chi connectivity index (χ3v) is 4.93. The zero-order valence-corrected chi connectivity index (χ0v) is 12.7. The maximum atomic E-state index is 6.17. The second-order valence-corrected chi connectivity index (χ2v) is 6.28. The molecule has 0 aromatic heterocycles. The maximum Gasteiger partial charge on any atom is 0.0595 e. The van der Waals surface area contributed by atoms with Crippen molar-refractivity contribution in [2.75, 3.05) is 6.54 Å². The molecule has 2 aromatic rings. The van der Waals surface area contributed by atoms with Gasteiger partial charge >= 0.3 is 0 Å². The van der Waals surface area contributed by atoms with Crippen LogP contribution < -0.4 is 5.73 Å². The zero-order chi connectivity index (χ0) is 14.1. The van der Waals surface area contributed by atoms with Gasteiger partial charge in [-0.3, -0.25) is 0 Å². The Balaban J connectivity index is 2.05. The highest BCUT2D eigenvalue weighted by atomic mass is 35.5. The largest absolute Gasteiger partial charge is 0.330 e. The Morgan fingerprint density at radius 1 is 1.05 bits per heavy atom. The molecular formula is C17H17Cl2N. The first-order chi connectivity index (χ1) is 9.69. The van der Waals surface area contributed by atoms with Crippen molar-refractivity contribution in [3.05, 3.63) is 69.2 Å². The fourth-order valence-corrected chi connectivity index (χ4v) is 3.45. The minimum absolute atomic E-state index is 0.364. The molecule has 104 valence electrons. The molecule has 3 rings (SSSR count). The predicted octanol–water partition coefficient (Wildman–Crippen LogP) is 4.65. The molecule has 2 atom stereocenters. The Morgan fingerprint density at radius 3 is 2.60 bits per heavy atom. The van der Waals surface area contributed by atoms with Crippen molar-refractivity contribution in [3.63, 3.8) is 0 Å². The Labute approximate surface area is 129 Å². The van der Waals surface area contributed by atoms with Crippen LogP contribution in [0.1, 0.15) is 29.0 Å². The van der Waals surface area contributed by atoms with Crippen LogP contribution in [0.2, 0.25) is 10.0 Å². The lowest BCUT2D eigenvalue weighted by Gasteiger charge is -2.31. The van der Waals surface area contributed by atoms with E-state index in [1.54, 1.807) is 0 Å². The molecule has 0 fully saturated rings. The summed E-state index contributed by atoms with van der Waals surface area (Å²) in [5.74, 6) is 0.896. The Bertz CT molecular complexity index is 624. The fourth-order valence-electron chi connectivity index (χ4n) is 3.14. The van der Waals surface area contributed by atoms with E-state index >= 15 is 0 Å². The first-order valence-electron chi connectivity index (χ1n) is 6.92. The van der Waals surface area contributed by atoms with Crippen molar-refractivity contribution < 1.29 is 0 Å². The summed E-state index contributed by atoms with van der Waals surface area (Å²) in [6.07, 6.45) is 2.15. The van der Waals surface area contributed by atoms with E-state index < -0.39 is 0 Å². The lowest BCUT2D eigenvalue weighted by molar-refractivity contribution is 0.437. The van der Waals surface area contributed by atoms with Crippen molar-refractivity contribution in [1.29, 1.82) is 0 Å². The molecular weight excluding hydrogens is 289 g/mol. The van der Waals surface area contributed by atoms with Crippen LogP contribution in [0.25, 0.3) is 0 Å². The summed E-state index contributed by atoms with van der Waals surface area (Å²) < 4.78 is 0. The Kier molecular flexibility index (Phi) is 4.02. The number of nitrogens with two attached hydrogens (primary N) is 1. The fraction of sp³-hybridized carbons (Fsp3) is 0.294. The molecule has 1 nitrogen and oxygen atoms in total. The van der Waals surface area contributed by atoms with Crippen molar-refractivity contribution in [1.82, 2.24) is 0 Å². The predicted molar refractivity (Wildman–Crippen MR) is 85.6 cm³/mol. The van der Waals surface area contributed by atoms with Gasteiger partial charge in [-0.1, -0.05) is 53.5 Å². The molecule has 0 heterocycles. The van der Waals surface area contributed by atoms with E-state index in [0.717, 1.165) is 19.4 Å². The first-order valence-corrected chi connectivity index (χ1v) is 7.67. The van der Waals surface area contributed by atoms with Crippen LogP contribution >= 0.6 is 23.2 Å². The van der Waals surface area contributed by atoms with Crippen LogP contribution in [0, 0.1) is 5.92 Å². The minimum atomic E-state index is 0.364. The van der Waals surface area contributed by atoms with Gasteiger partial charge in [0.25, 0.3) is 0 Å². The smallest absolute Gasteiger partial charge is 0.0595 e. The van der Waals surface area contributed by atoms with Crippen molar-refractivity contribution >= 4 is 23.2 Å². The quantitative estimate of drug-likeness (QED) is 0.859. The van der Waals surface area contributed by atoms with Gasteiger partial charge < -0.3 is 5.73 Å². The summed E-state index contributed by atoms with van der Waals surface area (Å²) in [6, 6.07) is 14.6. The van der Waals surface area contributed by atoms with E-state index in [4.69, 9.17) is 28.9 Å². The van der Waals surface area contributed by atoms with E-state index in [0.29, 0.717) is 21.9 Å². The van der Waals surface area contributed by atoms with Gasteiger partial charge in [-0.2, -0.15) is 0 Å². The molecule has 2 aromatic carbocycles. The van der Waals surface area contributed by atoms with Crippen LogP contribution in [0.5, 0.6) is 0 Å². The third-order valence-electron chi connectivity index (χ3n) is 4.19. The molecule has 0 saturated heterocycles. The summed E-state index contributed by atoms with van der Waals surface area (Å²) in [7, 11) is 0. The topological polar surface area (TPSA) is 26.0 Å². The monoisotopic (exact) mass is 305 g/mol. The number of benzene rings is 2. The van der Waals surface area contributed by atoms with Gasteiger partial charge in [0.1, 0.15) is 0 Å². The highest BCUT2D eigenvalue weighted by molar-refractivity contribution is 6.42. The number of rotatable bonds is 2. The molecule has 0 amide bonds. The molecule has 2 N–H and O–H groups in total. The third kappa shape index (κ3) is 2.58. The van der Waals surface area contributed by atoms with E-state index in [9.17, 15) is 0 Å². The molecule has 1 aliphatic carbocycles. The van der Waals surface area contributed by atoms with Gasteiger partial charge in [0.15, 0.2) is 0 Å². The molecule has 20 heavy (non-hydrogen) atoms. The Hall–Kier alpha value is -1.02. The van der Waals surface area contributed by atoms with Gasteiger partial charge in [-0.15, -0.1) is 0 Å². The second kappa shape index (κ2) is 5.77. The van der Waals surface area contributed by atoms with Crippen molar-refractivity contribution in [2.45, 2.75) is 18.8 Å². The highest BCUT2D eigenvalue weighted by Gasteiger charge is 2.27. The van der Waals surface area contributed by atoms with Crippen molar-refractivity contribution in [3.8, 4) is 0 Å². The van der Waals surface area contributed by atoms with Crippen LogP contribution in [0.15, 0.2) is 42.5 Å². The molecule has 3 heteroatoms. The molecule has 0 spiro atoms. The van der Waals surface area contributed by atoms with Gasteiger partial charge in [-0.25, -0.2) is 0 Å². The van der Waals surface area contributed by atoms with E-state index in [2.05, 4.69) is 30.3 Å². The van der Waals surface area contributed by atoms with Crippen LogP contribution in [0.4, 0.5) is 0 Å². The summed E-state index contributed by atoms with van der Waals surface area (Å²) >= 11 is 12.2. The summed E-state index contributed by atoms with van der Waals surface area (Å²) in [5.41, 5.74) is 9.94. The average Bonchev–Trinajstić information content (AvgIpc) is 2.49. The lowest BCUT2D eigenvalue weighted by Crippen LogP contribution is -2.25. The van der Waals surface area contributed by atoms with Gasteiger partial charge in [-0.05, 0) is 54.1 Å². The molecule has 0 radical (unpaired) electrons. The summed E-state index contributed by atoms with van der Waals surface area (Å²) in [4.78, 5) is 0. The van der Waals surface area contributed by atoms with E-state index in [1.807, 2.05) is 12.1 Å². The number of halogens is 2. The number of hydrogen-bond acceptors (Lipinski definition) is 1. The van der Waals surface area contributed by atoms with Crippen LogP contribution in [-0.2, 0) is 6.42 Å². The summed E-state index contributed by atoms with van der Waals surface area (Å²) in [6.45, 7) is 0.728. The van der Waals surface area contributed by atoms with Crippen molar-refractivity contribution in [2.24, 2.45) is 11.7 Å². The molecule has 0 aliphatic heterocycles. The van der Waals surface area contributed by atoms with Crippen LogP contribution in [0.3, 0.4) is 0 Å². The standard InChI is InChI=1S/C17H17Cl2N/c18-16-6-5-13(9-17(16)19)15-8-11(10-20)7-12-3-1-2-4-14(12)15/h1-6,9,11,15H,7-8,10,20H2. The molecule has 2 unspecified atom stereocenters. The Morgan fingerprint density at radius 2 is 1.85 bits per heavy atom. The molecule has 0 bridgehead atoms. The zero-order valence-electron chi connectivity index (χ0n) is 11.2. The van der Waals surface area contributed by atoms with Gasteiger partial charge in [0.2, 0.25) is 0 Å². The van der Waals surface area contributed by atoms with Gasteiger partial charge in [0, 0.05) is 5.92 Å². The first kappa shape index (κ1) is 13.9. The van der Waals surface area contributed by atoms with Crippen LogP contribution in [-0.4, -0.2) is 6.54 Å². The number of fused-ring (bicyclic) bond motifs is 1. The van der Waals surface area contributed by atoms with E-state index in [1.165, 1.54) is 16.7 Å². The summed E-state index contributed by atoms with van der Waals surface area (Å²) in [5, 5.41) is 1.23. The second-order valence-electron chi connectivity index (χ2n) is 5.47. The lowest BCUT2D eigenvalue weighted by atomic mass is 9.74. The maximum absolute atomic E-state index is 6.17. The molecule has 0 saturated carbocycles. The average molecular weight is 306 g/mol. The van der Waals surface area contributed by atoms with Gasteiger partial charge in [0.05, 0.1) is 10.0 Å². The SMILES string of the molecule is NCC1Cc2ccccc2C(c2ccc(Cl)c(Cl)c2)C1. The minimum Gasteiger partial charge on any atom is -0.330 e. The highest BCUT2D eigenvalue weighted by Crippen LogP contribution is 2.40. The molecule has 1 aliphatic rings.